The van der Waals surface area contributed by atoms with Crippen LogP contribution in [0.5, 0.6) is 0 Å². The van der Waals surface area contributed by atoms with Gasteiger partial charge in [-0.2, -0.15) is 0 Å². The Labute approximate surface area is 112 Å². The Morgan fingerprint density at radius 2 is 1.78 bits per heavy atom. The Morgan fingerprint density at radius 1 is 1.17 bits per heavy atom. The number of hydrogen-bond donors (Lipinski definition) is 1. The van der Waals surface area contributed by atoms with Crippen molar-refractivity contribution in [3.05, 3.63) is 0 Å². The number of likely N-dealkylation sites (N-methyl/N-ethyl adjacent to an activating group) is 1. The van der Waals surface area contributed by atoms with Crippen LogP contribution in [0.4, 0.5) is 0 Å². The smallest absolute Gasteiger partial charge is 0.0594 e. The van der Waals surface area contributed by atoms with Crippen LogP contribution in [0.3, 0.4) is 0 Å². The molecule has 1 aliphatic heterocycles. The summed E-state index contributed by atoms with van der Waals surface area (Å²) < 4.78 is 5.54. The highest BCUT2D eigenvalue weighted by atomic mass is 16.5. The molecule has 2 aliphatic rings. The Hall–Kier alpha value is -0.120. The fourth-order valence-corrected chi connectivity index (χ4v) is 3.96. The van der Waals surface area contributed by atoms with Gasteiger partial charge in [-0.3, -0.25) is 4.90 Å². The van der Waals surface area contributed by atoms with Crippen molar-refractivity contribution in [3.63, 3.8) is 0 Å². The molecule has 0 aromatic heterocycles. The number of nitrogens with zero attached hydrogens (tertiary/aromatic N) is 1. The summed E-state index contributed by atoms with van der Waals surface area (Å²) in [5, 5.41) is 3.63. The first-order valence-corrected chi connectivity index (χ1v) is 7.69. The Morgan fingerprint density at radius 3 is 2.28 bits per heavy atom. The predicted molar refractivity (Wildman–Crippen MR) is 75.9 cm³/mol. The van der Waals surface area contributed by atoms with Crippen molar-refractivity contribution in [1.29, 1.82) is 0 Å². The first kappa shape index (κ1) is 14.3. The van der Waals surface area contributed by atoms with Crippen molar-refractivity contribution in [1.82, 2.24) is 10.2 Å². The lowest BCUT2D eigenvalue weighted by molar-refractivity contribution is -0.0374. The summed E-state index contributed by atoms with van der Waals surface area (Å²) in [6, 6.07) is 0.637. The molecule has 2 rings (SSSR count). The predicted octanol–water partition coefficient (Wildman–Crippen LogP) is 2.27. The maximum Gasteiger partial charge on any atom is 0.0594 e. The highest BCUT2D eigenvalue weighted by Crippen LogP contribution is 2.40. The molecule has 1 aliphatic carbocycles. The molecule has 1 heterocycles. The minimum atomic E-state index is 0.406. The molecule has 1 saturated carbocycles. The molecule has 18 heavy (non-hydrogen) atoms. The van der Waals surface area contributed by atoms with Gasteiger partial charge < -0.3 is 10.1 Å². The van der Waals surface area contributed by atoms with Gasteiger partial charge in [0.15, 0.2) is 0 Å². The van der Waals surface area contributed by atoms with Gasteiger partial charge in [0.25, 0.3) is 0 Å². The number of morpholine rings is 1. The topological polar surface area (TPSA) is 24.5 Å². The molecule has 0 amide bonds. The van der Waals surface area contributed by atoms with E-state index in [1.54, 1.807) is 0 Å². The molecule has 1 atom stereocenters. The number of rotatable bonds is 5. The van der Waals surface area contributed by atoms with Crippen LogP contribution in [0.2, 0.25) is 0 Å². The van der Waals surface area contributed by atoms with Crippen LogP contribution >= 0.6 is 0 Å². The van der Waals surface area contributed by atoms with Gasteiger partial charge in [-0.05, 0) is 32.2 Å². The van der Waals surface area contributed by atoms with Gasteiger partial charge >= 0.3 is 0 Å². The van der Waals surface area contributed by atoms with Crippen LogP contribution in [0, 0.1) is 5.92 Å². The van der Waals surface area contributed by atoms with Crippen LogP contribution in [-0.2, 0) is 4.74 Å². The lowest BCUT2D eigenvalue weighted by atomic mass is 9.81. The lowest BCUT2D eigenvalue weighted by Crippen LogP contribution is -2.62. The Balaban J connectivity index is 2.13. The van der Waals surface area contributed by atoms with Gasteiger partial charge in [-0.1, -0.05) is 26.7 Å². The van der Waals surface area contributed by atoms with Gasteiger partial charge in [-0.15, -0.1) is 0 Å². The average molecular weight is 254 g/mol. The first-order valence-electron chi connectivity index (χ1n) is 7.69. The van der Waals surface area contributed by atoms with E-state index in [-0.39, 0.29) is 0 Å². The molecular weight excluding hydrogens is 224 g/mol. The average Bonchev–Trinajstić information content (AvgIpc) is 2.87. The largest absolute Gasteiger partial charge is 0.379 e. The molecule has 0 spiro atoms. The van der Waals surface area contributed by atoms with E-state index in [9.17, 15) is 0 Å². The summed E-state index contributed by atoms with van der Waals surface area (Å²) in [4.78, 5) is 2.73. The quantitative estimate of drug-likeness (QED) is 0.814. The van der Waals surface area contributed by atoms with E-state index in [2.05, 4.69) is 31.1 Å². The Kier molecular flexibility index (Phi) is 5.05. The second kappa shape index (κ2) is 6.36. The molecule has 2 fully saturated rings. The van der Waals surface area contributed by atoms with Crippen LogP contribution in [-0.4, -0.2) is 49.8 Å². The molecule has 0 bridgehead atoms. The molecule has 0 radical (unpaired) electrons. The maximum absolute atomic E-state index is 5.54. The zero-order valence-corrected chi connectivity index (χ0v) is 12.4. The molecule has 106 valence electrons. The summed E-state index contributed by atoms with van der Waals surface area (Å²) in [5.41, 5.74) is 0.406. The summed E-state index contributed by atoms with van der Waals surface area (Å²) in [6.07, 6.45) is 6.81. The lowest BCUT2D eigenvalue weighted by Gasteiger charge is -2.48. The Bertz CT molecular complexity index is 243. The van der Waals surface area contributed by atoms with Gasteiger partial charge in [0.1, 0.15) is 0 Å². The van der Waals surface area contributed by atoms with Crippen molar-refractivity contribution < 1.29 is 4.74 Å². The molecule has 1 saturated heterocycles. The molecule has 0 aromatic carbocycles. The van der Waals surface area contributed by atoms with Crippen LogP contribution in [0.25, 0.3) is 0 Å². The third-order valence-corrected chi connectivity index (χ3v) is 4.81. The summed E-state index contributed by atoms with van der Waals surface area (Å²) in [6.45, 7) is 8.75. The first-order chi connectivity index (χ1) is 8.69. The molecular formula is C15H30N2O. The van der Waals surface area contributed by atoms with E-state index in [0.717, 1.165) is 32.2 Å². The number of ether oxygens (including phenoxy) is 1. The van der Waals surface area contributed by atoms with Gasteiger partial charge in [-0.25, -0.2) is 0 Å². The van der Waals surface area contributed by atoms with Crippen molar-refractivity contribution in [3.8, 4) is 0 Å². The molecule has 1 N–H and O–H groups in total. The SMILES string of the molecule is CNC(CC(C)C)C1(N2CCOCC2)CCCC1. The van der Waals surface area contributed by atoms with Crippen molar-refractivity contribution >= 4 is 0 Å². The van der Waals surface area contributed by atoms with E-state index in [4.69, 9.17) is 4.74 Å². The van der Waals surface area contributed by atoms with Crippen LogP contribution in [0.1, 0.15) is 46.0 Å². The molecule has 3 heteroatoms. The fourth-order valence-electron chi connectivity index (χ4n) is 3.96. The number of hydrogen-bond acceptors (Lipinski definition) is 3. The summed E-state index contributed by atoms with van der Waals surface area (Å²) in [7, 11) is 2.15. The van der Waals surface area contributed by atoms with E-state index < -0.39 is 0 Å². The number of nitrogens with one attached hydrogen (secondary N) is 1. The third kappa shape index (κ3) is 2.89. The summed E-state index contributed by atoms with van der Waals surface area (Å²) >= 11 is 0. The molecule has 0 aromatic rings. The highest BCUT2D eigenvalue weighted by molar-refractivity contribution is 5.04. The van der Waals surface area contributed by atoms with Gasteiger partial charge in [0.2, 0.25) is 0 Å². The molecule has 3 nitrogen and oxygen atoms in total. The zero-order chi connectivity index (χ0) is 13.0. The van der Waals surface area contributed by atoms with Crippen molar-refractivity contribution in [2.24, 2.45) is 5.92 Å². The summed E-state index contributed by atoms with van der Waals surface area (Å²) in [5.74, 6) is 0.765. The third-order valence-electron chi connectivity index (χ3n) is 4.81. The van der Waals surface area contributed by atoms with E-state index >= 15 is 0 Å². The molecule has 1 unspecified atom stereocenters. The monoisotopic (exact) mass is 254 g/mol. The normalized spacial score (nSPS) is 26.7. The standard InChI is InChI=1S/C15H30N2O/c1-13(2)12-14(16-3)15(6-4-5-7-15)17-8-10-18-11-9-17/h13-14,16H,4-12H2,1-3H3. The van der Waals surface area contributed by atoms with Crippen LogP contribution < -0.4 is 5.32 Å². The zero-order valence-electron chi connectivity index (χ0n) is 12.4. The van der Waals surface area contributed by atoms with Gasteiger partial charge in [0.05, 0.1) is 13.2 Å². The second-order valence-corrected chi connectivity index (χ2v) is 6.38. The van der Waals surface area contributed by atoms with Crippen molar-refractivity contribution in [2.45, 2.75) is 57.5 Å². The van der Waals surface area contributed by atoms with Gasteiger partial charge in [0, 0.05) is 24.7 Å². The van der Waals surface area contributed by atoms with E-state index in [0.29, 0.717) is 11.6 Å². The maximum atomic E-state index is 5.54. The van der Waals surface area contributed by atoms with E-state index in [1.807, 2.05) is 0 Å². The minimum Gasteiger partial charge on any atom is -0.379 e. The van der Waals surface area contributed by atoms with Crippen molar-refractivity contribution in [2.75, 3.05) is 33.4 Å². The minimum absolute atomic E-state index is 0.406. The second-order valence-electron chi connectivity index (χ2n) is 6.38. The highest BCUT2D eigenvalue weighted by Gasteiger charge is 2.45. The van der Waals surface area contributed by atoms with Crippen LogP contribution in [0.15, 0.2) is 0 Å². The fraction of sp³-hybridized carbons (Fsp3) is 1.00. The van der Waals surface area contributed by atoms with E-state index in [1.165, 1.54) is 32.1 Å².